The molecule has 0 saturated heterocycles. The molecule has 0 N–H and O–H groups in total. The smallest absolute Gasteiger partial charge is 0.146 e. The molecule has 4 heterocycles. The highest BCUT2D eigenvalue weighted by Gasteiger charge is 2.19. The van der Waals surface area contributed by atoms with Gasteiger partial charge in [0, 0.05) is 21.7 Å². The van der Waals surface area contributed by atoms with Gasteiger partial charge in [-0.15, -0.1) is 0 Å². The number of aromatic nitrogens is 4. The van der Waals surface area contributed by atoms with Crippen molar-refractivity contribution in [1.29, 1.82) is 0 Å². The Hall–Kier alpha value is -5.48. The summed E-state index contributed by atoms with van der Waals surface area (Å²) in [4.78, 5) is 10.1. The molecule has 0 aliphatic rings. The van der Waals surface area contributed by atoms with Crippen molar-refractivity contribution in [3.05, 3.63) is 127 Å². The fraction of sp³-hybridized carbons (Fsp3) is 0.0769. The molecule has 4 heteroatoms. The molecule has 0 fully saturated rings. The van der Waals surface area contributed by atoms with E-state index in [1.807, 2.05) is 30.4 Å². The first-order chi connectivity index (χ1) is 21.2. The van der Waals surface area contributed by atoms with Crippen LogP contribution < -0.4 is 0 Å². The molecule has 0 spiro atoms. The Morgan fingerprint density at radius 1 is 0.628 bits per heavy atom. The van der Waals surface area contributed by atoms with Gasteiger partial charge in [-0.2, -0.15) is 0 Å². The summed E-state index contributed by atoms with van der Waals surface area (Å²) in [5, 5.41) is 5.74. The van der Waals surface area contributed by atoms with Gasteiger partial charge in [-0.1, -0.05) is 81.6 Å². The summed E-state index contributed by atoms with van der Waals surface area (Å²) in [6.45, 7) is 14.6. The highest BCUT2D eigenvalue weighted by molar-refractivity contribution is 6.13. The zero-order chi connectivity index (χ0) is 29.2. The SMILES string of the molecule is C=Cc1nc2c3ccc(-c4ccc5c(c4)c(C=C)c(C=C)n4c6ccccc6nc54)cc3c3ccccc3n2c1CCC. The number of pyridine rings is 2. The maximum Gasteiger partial charge on any atom is 0.146 e. The van der Waals surface area contributed by atoms with E-state index in [9.17, 15) is 0 Å². The minimum absolute atomic E-state index is 0.926. The number of rotatable bonds is 6. The number of imidazole rings is 2. The molecule has 43 heavy (non-hydrogen) atoms. The first kappa shape index (κ1) is 25.2. The molecule has 4 nitrogen and oxygen atoms in total. The summed E-state index contributed by atoms with van der Waals surface area (Å²) in [6.07, 6.45) is 7.72. The van der Waals surface area contributed by atoms with Crippen LogP contribution in [0.2, 0.25) is 0 Å². The maximum absolute atomic E-state index is 5.08. The Bertz CT molecular complexity index is 2470. The number of aryl methyl sites for hydroxylation is 1. The Morgan fingerprint density at radius 2 is 1.30 bits per heavy atom. The van der Waals surface area contributed by atoms with Gasteiger partial charge in [-0.25, -0.2) is 9.97 Å². The summed E-state index contributed by atoms with van der Waals surface area (Å²) < 4.78 is 4.53. The summed E-state index contributed by atoms with van der Waals surface area (Å²) in [5.74, 6) is 0. The van der Waals surface area contributed by atoms with Crippen LogP contribution in [0, 0.1) is 0 Å². The number of benzene rings is 4. The lowest BCUT2D eigenvalue weighted by molar-refractivity contribution is 0.875. The van der Waals surface area contributed by atoms with Crippen molar-refractivity contribution in [2.45, 2.75) is 19.8 Å². The molecule has 0 atom stereocenters. The first-order valence-corrected chi connectivity index (χ1v) is 14.8. The molecule has 0 saturated carbocycles. The van der Waals surface area contributed by atoms with Gasteiger partial charge in [0.05, 0.1) is 33.6 Å². The molecule has 0 unspecified atom stereocenters. The van der Waals surface area contributed by atoms with Crippen LogP contribution in [-0.2, 0) is 6.42 Å². The van der Waals surface area contributed by atoms with E-state index in [4.69, 9.17) is 9.97 Å². The Morgan fingerprint density at radius 3 is 2.02 bits per heavy atom. The van der Waals surface area contributed by atoms with Gasteiger partial charge < -0.3 is 0 Å². The van der Waals surface area contributed by atoms with Crippen LogP contribution in [-0.4, -0.2) is 18.8 Å². The molecule has 8 aromatic rings. The van der Waals surface area contributed by atoms with Crippen LogP contribution in [0.4, 0.5) is 0 Å². The average molecular weight is 555 g/mol. The van der Waals surface area contributed by atoms with Crippen LogP contribution in [0.15, 0.2) is 105 Å². The lowest BCUT2D eigenvalue weighted by Crippen LogP contribution is -1.98. The third-order valence-electron chi connectivity index (χ3n) is 8.74. The molecule has 206 valence electrons. The number of hydrogen-bond donors (Lipinski definition) is 0. The largest absolute Gasteiger partial charge is 0.295 e. The third-order valence-corrected chi connectivity index (χ3v) is 8.74. The summed E-state index contributed by atoms with van der Waals surface area (Å²) in [6, 6.07) is 30.3. The lowest BCUT2D eigenvalue weighted by Gasteiger charge is -2.14. The Balaban J connectivity index is 1.42. The Labute approximate surface area is 249 Å². The van der Waals surface area contributed by atoms with Gasteiger partial charge in [0.2, 0.25) is 0 Å². The number of fused-ring (bicyclic) bond motifs is 11. The Kier molecular flexibility index (Phi) is 5.60. The van der Waals surface area contributed by atoms with Gasteiger partial charge in [0.25, 0.3) is 0 Å². The minimum atomic E-state index is 0.926. The second-order valence-corrected chi connectivity index (χ2v) is 11.1. The van der Waals surface area contributed by atoms with Crippen molar-refractivity contribution >= 4 is 73.0 Å². The zero-order valence-corrected chi connectivity index (χ0v) is 24.1. The van der Waals surface area contributed by atoms with Gasteiger partial charge in [0.15, 0.2) is 0 Å². The van der Waals surface area contributed by atoms with E-state index in [0.717, 1.165) is 79.4 Å². The van der Waals surface area contributed by atoms with Gasteiger partial charge >= 0.3 is 0 Å². The predicted octanol–water partition coefficient (Wildman–Crippen LogP) is 10.1. The minimum Gasteiger partial charge on any atom is -0.295 e. The van der Waals surface area contributed by atoms with E-state index in [1.54, 1.807) is 0 Å². The summed E-state index contributed by atoms with van der Waals surface area (Å²) >= 11 is 0. The van der Waals surface area contributed by atoms with Crippen molar-refractivity contribution in [1.82, 2.24) is 18.8 Å². The molecule has 8 rings (SSSR count). The second-order valence-electron chi connectivity index (χ2n) is 11.1. The van der Waals surface area contributed by atoms with Gasteiger partial charge in [-0.05, 0) is 82.9 Å². The van der Waals surface area contributed by atoms with E-state index >= 15 is 0 Å². The highest BCUT2D eigenvalue weighted by atomic mass is 15.0. The second kappa shape index (κ2) is 9.53. The van der Waals surface area contributed by atoms with Crippen molar-refractivity contribution in [3.63, 3.8) is 0 Å². The molecule has 0 bridgehead atoms. The fourth-order valence-corrected chi connectivity index (χ4v) is 6.86. The monoisotopic (exact) mass is 554 g/mol. The normalized spacial score (nSPS) is 11.8. The predicted molar refractivity (Wildman–Crippen MR) is 184 cm³/mol. The number of nitrogens with zero attached hydrogens (tertiary/aromatic N) is 4. The standard InChI is InChI=1S/C39H30N4/c1-5-13-36-32(7-3)40-38-29-21-19-25(23-31(29)27-14-9-11-16-35(27)43(36)38)24-18-20-28-30(22-24)26(6-2)34(8-4)42-37-17-12-10-15-33(37)41-39(28)42/h6-12,14-23H,2-5,13H2,1H3. The van der Waals surface area contributed by atoms with Crippen molar-refractivity contribution in [2.75, 3.05) is 0 Å². The van der Waals surface area contributed by atoms with Crippen molar-refractivity contribution in [2.24, 2.45) is 0 Å². The zero-order valence-electron chi connectivity index (χ0n) is 24.1. The lowest BCUT2D eigenvalue weighted by atomic mass is 9.95. The van der Waals surface area contributed by atoms with Crippen LogP contribution in [0.5, 0.6) is 0 Å². The molecular formula is C39H30N4. The molecule has 0 amide bonds. The van der Waals surface area contributed by atoms with Crippen LogP contribution in [0.25, 0.3) is 84.1 Å². The summed E-state index contributed by atoms with van der Waals surface area (Å²) in [7, 11) is 0. The topological polar surface area (TPSA) is 34.6 Å². The van der Waals surface area contributed by atoms with Crippen LogP contribution >= 0.6 is 0 Å². The average Bonchev–Trinajstić information content (AvgIpc) is 3.63. The van der Waals surface area contributed by atoms with E-state index in [2.05, 4.69) is 108 Å². The fourth-order valence-electron chi connectivity index (χ4n) is 6.86. The quantitative estimate of drug-likeness (QED) is 0.192. The molecule has 4 aromatic heterocycles. The van der Waals surface area contributed by atoms with Crippen LogP contribution in [0.1, 0.15) is 36.0 Å². The number of hydrogen-bond acceptors (Lipinski definition) is 2. The maximum atomic E-state index is 5.08. The van der Waals surface area contributed by atoms with E-state index in [1.165, 1.54) is 22.0 Å². The molecule has 0 radical (unpaired) electrons. The van der Waals surface area contributed by atoms with E-state index < -0.39 is 0 Å². The first-order valence-electron chi connectivity index (χ1n) is 14.8. The third kappa shape index (κ3) is 3.50. The summed E-state index contributed by atoms with van der Waals surface area (Å²) in [5.41, 5.74) is 11.6. The molecule has 0 aliphatic heterocycles. The highest BCUT2D eigenvalue weighted by Crippen LogP contribution is 2.38. The molecule has 4 aromatic carbocycles. The van der Waals surface area contributed by atoms with Crippen molar-refractivity contribution in [3.8, 4) is 11.1 Å². The molecule has 0 aliphatic carbocycles. The van der Waals surface area contributed by atoms with Gasteiger partial charge in [0.1, 0.15) is 11.3 Å². The van der Waals surface area contributed by atoms with Gasteiger partial charge in [-0.3, -0.25) is 8.80 Å². The number of para-hydroxylation sites is 3. The van der Waals surface area contributed by atoms with Crippen molar-refractivity contribution < 1.29 is 0 Å². The van der Waals surface area contributed by atoms with E-state index in [-0.39, 0.29) is 0 Å². The van der Waals surface area contributed by atoms with Crippen LogP contribution in [0.3, 0.4) is 0 Å². The molecular weight excluding hydrogens is 524 g/mol. The van der Waals surface area contributed by atoms with E-state index in [0.29, 0.717) is 0 Å².